The van der Waals surface area contributed by atoms with Crippen LogP contribution in [-0.4, -0.2) is 52.6 Å². The van der Waals surface area contributed by atoms with Gasteiger partial charge in [-0.25, -0.2) is 12.6 Å². The number of likely N-dealkylation sites (tertiary alicyclic amines) is 1. The molecule has 0 spiro atoms. The number of hydrogen-bond acceptors (Lipinski definition) is 6. The highest BCUT2D eigenvalue weighted by Gasteiger charge is 2.53. The Morgan fingerprint density at radius 2 is 1.66 bits per heavy atom. The summed E-state index contributed by atoms with van der Waals surface area (Å²) in [5, 5.41) is 0.596. The molecule has 0 aliphatic carbocycles. The lowest BCUT2D eigenvalue weighted by Gasteiger charge is -2.53. The molecule has 2 aromatic carbocycles. The number of benzene rings is 2. The highest BCUT2D eigenvalue weighted by molar-refractivity contribution is 7.93. The molecule has 3 rings (SSSR count). The van der Waals surface area contributed by atoms with Crippen LogP contribution in [0.1, 0.15) is 70.5 Å². The van der Waals surface area contributed by atoms with E-state index in [9.17, 15) is 22.2 Å². The second-order valence-corrected chi connectivity index (χ2v) is 17.2. The summed E-state index contributed by atoms with van der Waals surface area (Å²) >= 11 is 12.6. The van der Waals surface area contributed by atoms with Gasteiger partial charge in [-0.15, -0.1) is 0 Å². The first-order valence-corrected chi connectivity index (χ1v) is 17.9. The van der Waals surface area contributed by atoms with Crippen LogP contribution in [0.5, 0.6) is 0 Å². The van der Waals surface area contributed by atoms with Crippen LogP contribution in [0.2, 0.25) is 10.0 Å². The Labute approximate surface area is 254 Å². The molecule has 1 saturated heterocycles. The highest BCUT2D eigenvalue weighted by Crippen LogP contribution is 2.52. The third-order valence-corrected chi connectivity index (χ3v) is 11.2. The molecular weight excluding hydrogens is 605 g/mol. The summed E-state index contributed by atoms with van der Waals surface area (Å²) in [6.07, 6.45) is 0.739. The number of nitrogens with zero attached hydrogens (tertiary/aromatic N) is 1. The van der Waals surface area contributed by atoms with E-state index in [0.717, 1.165) is 17.4 Å². The van der Waals surface area contributed by atoms with Gasteiger partial charge < -0.3 is 4.90 Å². The number of amides is 2. The molecule has 1 aliphatic rings. The minimum atomic E-state index is -3.84. The number of rotatable bonds is 10. The SMILES string of the molecule is CC(C)C(CS(=N)(=O)C(C)C)N1C(=O)[C@@](C)(CC(=O)NS(C)(=O)=O)C[C@H](c2cccc(Cl)c2)[C@H]1c1ccc(Cl)cc1. The number of piperidine rings is 1. The second kappa shape index (κ2) is 12.6. The van der Waals surface area contributed by atoms with Crippen LogP contribution in [0.4, 0.5) is 0 Å². The van der Waals surface area contributed by atoms with E-state index in [0.29, 0.717) is 10.0 Å². The molecule has 0 aromatic heterocycles. The quantitative estimate of drug-likeness (QED) is 0.328. The molecule has 12 heteroatoms. The topological polar surface area (TPSA) is 124 Å². The molecule has 8 nitrogen and oxygen atoms in total. The minimum absolute atomic E-state index is 0.0496. The van der Waals surface area contributed by atoms with E-state index >= 15 is 0 Å². The van der Waals surface area contributed by atoms with Crippen molar-refractivity contribution in [3.8, 4) is 0 Å². The predicted octanol–water partition coefficient (Wildman–Crippen LogP) is 6.00. The average Bonchev–Trinajstić information content (AvgIpc) is 2.83. The average molecular weight is 645 g/mol. The summed E-state index contributed by atoms with van der Waals surface area (Å²) in [4.78, 5) is 29.3. The van der Waals surface area contributed by atoms with E-state index in [1.54, 1.807) is 43.9 Å². The largest absolute Gasteiger partial charge is 0.330 e. The van der Waals surface area contributed by atoms with Crippen LogP contribution in [0, 0.1) is 16.1 Å². The number of sulfonamides is 1. The van der Waals surface area contributed by atoms with Gasteiger partial charge >= 0.3 is 0 Å². The summed E-state index contributed by atoms with van der Waals surface area (Å²) < 4.78 is 47.8. The smallest absolute Gasteiger partial charge is 0.234 e. The molecule has 0 bridgehead atoms. The van der Waals surface area contributed by atoms with Gasteiger partial charge in [0.05, 0.1) is 23.5 Å². The van der Waals surface area contributed by atoms with Gasteiger partial charge in [0.25, 0.3) is 0 Å². The third kappa shape index (κ3) is 8.03. The van der Waals surface area contributed by atoms with Crippen molar-refractivity contribution in [3.05, 3.63) is 69.7 Å². The van der Waals surface area contributed by atoms with Gasteiger partial charge in [-0.05, 0) is 47.7 Å². The van der Waals surface area contributed by atoms with E-state index in [4.69, 9.17) is 28.0 Å². The molecule has 2 N–H and O–H groups in total. The zero-order chi connectivity index (χ0) is 30.9. The lowest BCUT2D eigenvalue weighted by Crippen LogP contribution is -2.59. The van der Waals surface area contributed by atoms with Crippen molar-refractivity contribution in [2.45, 2.75) is 70.7 Å². The van der Waals surface area contributed by atoms with Gasteiger partial charge in [-0.1, -0.05) is 82.1 Å². The first-order valence-electron chi connectivity index (χ1n) is 13.4. The molecule has 0 radical (unpaired) electrons. The number of hydrogen-bond donors (Lipinski definition) is 2. The van der Waals surface area contributed by atoms with Gasteiger partial charge in [0.15, 0.2) is 0 Å². The number of nitrogens with one attached hydrogen (secondary N) is 2. The van der Waals surface area contributed by atoms with Crippen molar-refractivity contribution < 1.29 is 22.2 Å². The van der Waals surface area contributed by atoms with Crippen LogP contribution in [0.3, 0.4) is 0 Å². The van der Waals surface area contributed by atoms with Crippen LogP contribution in [0.25, 0.3) is 0 Å². The number of halogens is 2. The summed E-state index contributed by atoms with van der Waals surface area (Å²) in [5.41, 5.74) is 0.322. The van der Waals surface area contributed by atoms with E-state index in [2.05, 4.69) is 0 Å². The fourth-order valence-electron chi connectivity index (χ4n) is 5.55. The Morgan fingerprint density at radius 1 is 1.05 bits per heavy atom. The maximum atomic E-state index is 14.6. The molecule has 41 heavy (non-hydrogen) atoms. The van der Waals surface area contributed by atoms with Gasteiger partial charge in [-0.2, -0.15) is 0 Å². The minimum Gasteiger partial charge on any atom is -0.330 e. The molecular formula is C29H39Cl2N3O5S2. The van der Waals surface area contributed by atoms with Crippen LogP contribution >= 0.6 is 23.2 Å². The van der Waals surface area contributed by atoms with E-state index in [-0.39, 0.29) is 36.3 Å². The second-order valence-electron chi connectivity index (χ2n) is 11.9. The Morgan fingerprint density at radius 3 is 2.17 bits per heavy atom. The molecule has 5 atom stereocenters. The Balaban J connectivity index is 2.29. The Kier molecular flexibility index (Phi) is 10.3. The van der Waals surface area contributed by atoms with Gasteiger partial charge in [-0.3, -0.25) is 19.1 Å². The molecule has 1 fully saturated rings. The van der Waals surface area contributed by atoms with Crippen molar-refractivity contribution >= 4 is 54.8 Å². The Bertz CT molecular complexity index is 1490. The van der Waals surface area contributed by atoms with Gasteiger partial charge in [0, 0.05) is 43.4 Å². The normalized spacial score (nSPS) is 23.9. The van der Waals surface area contributed by atoms with E-state index in [1.165, 1.54) is 0 Å². The zero-order valence-electron chi connectivity index (χ0n) is 24.2. The molecule has 2 unspecified atom stereocenters. The molecule has 1 aliphatic heterocycles. The molecule has 2 amide bonds. The third-order valence-electron chi connectivity index (χ3n) is 7.75. The van der Waals surface area contributed by atoms with Crippen molar-refractivity contribution in [1.82, 2.24) is 9.62 Å². The van der Waals surface area contributed by atoms with Crippen LogP contribution in [-0.2, 0) is 29.3 Å². The fraction of sp³-hybridized carbons (Fsp3) is 0.517. The first kappa shape index (κ1) is 33.4. The standard InChI is InChI=1S/C29H39Cl2N3O5S2/c1-18(2)25(17-41(32,39)19(3)4)34-27(20-10-12-22(30)13-11-20)24(21-8-7-9-23(31)14-21)15-29(5,28(34)36)16-26(35)33-40(6,37)38/h7-14,18-19,24-25,27,32H,15-17H2,1-6H3,(H,33,35)/t24-,25?,27-,29-,41?/m1/s1. The van der Waals surface area contributed by atoms with Crippen LogP contribution < -0.4 is 4.72 Å². The Hall–Kier alpha value is -2.14. The lowest BCUT2D eigenvalue weighted by atomic mass is 9.66. The molecule has 0 saturated carbocycles. The van der Waals surface area contributed by atoms with Crippen molar-refractivity contribution in [1.29, 1.82) is 4.78 Å². The number of carbonyl (C=O) groups excluding carboxylic acids is 2. The van der Waals surface area contributed by atoms with E-state index in [1.807, 2.05) is 48.9 Å². The van der Waals surface area contributed by atoms with Crippen molar-refractivity contribution in [2.75, 3.05) is 12.0 Å². The lowest BCUT2D eigenvalue weighted by molar-refractivity contribution is -0.157. The zero-order valence-corrected chi connectivity index (χ0v) is 27.3. The molecule has 1 heterocycles. The molecule has 226 valence electrons. The maximum Gasteiger partial charge on any atom is 0.234 e. The first-order chi connectivity index (χ1) is 18.8. The summed E-state index contributed by atoms with van der Waals surface area (Å²) in [6.45, 7) is 8.97. The van der Waals surface area contributed by atoms with Crippen molar-refractivity contribution in [3.63, 3.8) is 0 Å². The van der Waals surface area contributed by atoms with Gasteiger partial charge in [0.2, 0.25) is 21.8 Å². The monoisotopic (exact) mass is 643 g/mol. The maximum absolute atomic E-state index is 14.6. The fourth-order valence-corrected chi connectivity index (χ4v) is 7.80. The highest BCUT2D eigenvalue weighted by atomic mass is 35.5. The number of carbonyl (C=O) groups is 2. The summed E-state index contributed by atoms with van der Waals surface area (Å²) in [7, 11) is -6.94. The van der Waals surface area contributed by atoms with Crippen LogP contribution in [0.15, 0.2) is 48.5 Å². The summed E-state index contributed by atoms with van der Waals surface area (Å²) in [5.74, 6) is -1.76. The predicted molar refractivity (Wildman–Crippen MR) is 165 cm³/mol. The van der Waals surface area contributed by atoms with Gasteiger partial charge in [0.1, 0.15) is 0 Å². The van der Waals surface area contributed by atoms with Crippen molar-refractivity contribution in [2.24, 2.45) is 11.3 Å². The summed E-state index contributed by atoms with van der Waals surface area (Å²) in [6, 6.07) is 13.3. The molecule has 2 aromatic rings. The van der Waals surface area contributed by atoms with E-state index < -0.39 is 48.4 Å².